The molecule has 0 spiro atoms. The Balaban J connectivity index is 2.09. The average Bonchev–Trinajstić information content (AvgIpc) is 2.87. The molecule has 0 aromatic carbocycles. The van der Waals surface area contributed by atoms with E-state index in [-0.39, 0.29) is 17.8 Å². The van der Waals surface area contributed by atoms with Crippen LogP contribution in [0.15, 0.2) is 0 Å². The number of likely N-dealkylation sites (tertiary alicyclic amines) is 1. The highest BCUT2D eigenvalue weighted by Gasteiger charge is 2.30. The van der Waals surface area contributed by atoms with Gasteiger partial charge < -0.3 is 10.2 Å². The van der Waals surface area contributed by atoms with Gasteiger partial charge in [0.05, 0.1) is 0 Å². The third kappa shape index (κ3) is 2.06. The molecule has 6 nitrogen and oxygen atoms in total. The Hall–Kier alpha value is -1.43. The normalized spacial score (nSPS) is 20.4. The van der Waals surface area contributed by atoms with Crippen LogP contribution in [0, 0.1) is 6.92 Å². The van der Waals surface area contributed by atoms with Crippen LogP contribution in [0.1, 0.15) is 29.3 Å². The second-order valence-corrected chi connectivity index (χ2v) is 4.10. The van der Waals surface area contributed by atoms with Gasteiger partial charge in [-0.3, -0.25) is 9.89 Å². The Kier molecular flexibility index (Phi) is 3.19. The molecule has 1 aromatic rings. The molecule has 2 N–H and O–H groups in total. The zero-order valence-corrected chi connectivity index (χ0v) is 9.66. The minimum atomic E-state index is -0.0675. The molecule has 1 aliphatic heterocycles. The largest absolute Gasteiger partial charge is 0.332 e. The fourth-order valence-corrected chi connectivity index (χ4v) is 2.12. The maximum Gasteiger partial charge on any atom is 0.293 e. The molecule has 1 saturated heterocycles. The molecular formula is C10H17N5O. The summed E-state index contributed by atoms with van der Waals surface area (Å²) in [6.07, 6.45) is 2.11. The minimum absolute atomic E-state index is 0.0675. The molecule has 2 rings (SSSR count). The van der Waals surface area contributed by atoms with E-state index in [0.717, 1.165) is 25.9 Å². The predicted molar refractivity (Wildman–Crippen MR) is 59.1 cm³/mol. The quantitative estimate of drug-likeness (QED) is 0.752. The van der Waals surface area contributed by atoms with Crippen LogP contribution >= 0.6 is 0 Å². The summed E-state index contributed by atoms with van der Waals surface area (Å²) in [5.41, 5.74) is 0. The molecular weight excluding hydrogens is 206 g/mol. The molecule has 1 aromatic heterocycles. The van der Waals surface area contributed by atoms with Crippen molar-refractivity contribution in [1.29, 1.82) is 0 Å². The molecule has 2 heterocycles. The summed E-state index contributed by atoms with van der Waals surface area (Å²) < 4.78 is 0. The van der Waals surface area contributed by atoms with E-state index >= 15 is 0 Å². The zero-order chi connectivity index (χ0) is 11.5. The Bertz CT molecular complexity index is 375. The molecule has 6 heteroatoms. The zero-order valence-electron chi connectivity index (χ0n) is 9.66. The Morgan fingerprint density at radius 3 is 3.12 bits per heavy atom. The number of nitrogens with one attached hydrogen (secondary N) is 2. The van der Waals surface area contributed by atoms with Crippen molar-refractivity contribution in [3.05, 3.63) is 11.6 Å². The molecule has 88 valence electrons. The highest BCUT2D eigenvalue weighted by atomic mass is 16.2. The van der Waals surface area contributed by atoms with E-state index in [1.165, 1.54) is 0 Å². The van der Waals surface area contributed by atoms with Crippen LogP contribution in [0.3, 0.4) is 0 Å². The van der Waals surface area contributed by atoms with E-state index in [0.29, 0.717) is 5.82 Å². The first-order valence-electron chi connectivity index (χ1n) is 5.57. The minimum Gasteiger partial charge on any atom is -0.332 e. The Morgan fingerprint density at radius 2 is 2.50 bits per heavy atom. The van der Waals surface area contributed by atoms with Gasteiger partial charge in [0.1, 0.15) is 5.82 Å². The van der Waals surface area contributed by atoms with E-state index in [9.17, 15) is 4.79 Å². The molecule has 0 radical (unpaired) electrons. The van der Waals surface area contributed by atoms with Crippen molar-refractivity contribution in [2.24, 2.45) is 0 Å². The van der Waals surface area contributed by atoms with Gasteiger partial charge in [0.2, 0.25) is 5.82 Å². The van der Waals surface area contributed by atoms with Gasteiger partial charge in [-0.15, -0.1) is 5.10 Å². The van der Waals surface area contributed by atoms with E-state index in [4.69, 9.17) is 0 Å². The lowest BCUT2D eigenvalue weighted by molar-refractivity contribution is 0.0725. The summed E-state index contributed by atoms with van der Waals surface area (Å²) in [4.78, 5) is 18.0. The van der Waals surface area contributed by atoms with Crippen LogP contribution in [-0.4, -0.2) is 52.2 Å². The van der Waals surface area contributed by atoms with Crippen molar-refractivity contribution in [2.75, 3.05) is 20.1 Å². The lowest BCUT2D eigenvalue weighted by atomic mass is 10.2. The SMILES string of the molecule is CNCC1CCCN1C(=O)c1n[nH]c(C)n1. The number of nitrogens with zero attached hydrogens (tertiary/aromatic N) is 3. The van der Waals surface area contributed by atoms with Gasteiger partial charge in [-0.2, -0.15) is 0 Å². The first kappa shape index (κ1) is 11.1. The number of H-pyrrole nitrogens is 1. The number of aryl methyl sites for hydroxylation is 1. The lowest BCUT2D eigenvalue weighted by Crippen LogP contribution is -2.41. The smallest absolute Gasteiger partial charge is 0.293 e. The van der Waals surface area contributed by atoms with Gasteiger partial charge in [0.25, 0.3) is 5.91 Å². The van der Waals surface area contributed by atoms with Crippen LogP contribution in [0.5, 0.6) is 0 Å². The molecule has 0 aliphatic carbocycles. The number of amides is 1. The second-order valence-electron chi connectivity index (χ2n) is 4.10. The highest BCUT2D eigenvalue weighted by molar-refractivity contribution is 5.90. The van der Waals surface area contributed by atoms with Gasteiger partial charge in [0, 0.05) is 19.1 Å². The second kappa shape index (κ2) is 4.61. The summed E-state index contributed by atoms with van der Waals surface area (Å²) in [6, 6.07) is 0.274. The monoisotopic (exact) mass is 223 g/mol. The van der Waals surface area contributed by atoms with Crippen molar-refractivity contribution < 1.29 is 4.79 Å². The van der Waals surface area contributed by atoms with Gasteiger partial charge in [-0.1, -0.05) is 0 Å². The van der Waals surface area contributed by atoms with Gasteiger partial charge in [0.15, 0.2) is 0 Å². The summed E-state index contributed by atoms with van der Waals surface area (Å²) in [7, 11) is 1.90. The van der Waals surface area contributed by atoms with Crippen molar-refractivity contribution >= 4 is 5.91 Å². The van der Waals surface area contributed by atoms with Gasteiger partial charge in [-0.25, -0.2) is 4.98 Å². The standard InChI is InChI=1S/C10H17N5O/c1-7-12-9(14-13-7)10(16)15-5-3-4-8(15)6-11-2/h8,11H,3-6H2,1-2H3,(H,12,13,14). The van der Waals surface area contributed by atoms with Crippen LogP contribution in [-0.2, 0) is 0 Å². The van der Waals surface area contributed by atoms with Crippen molar-refractivity contribution in [3.63, 3.8) is 0 Å². The Morgan fingerprint density at radius 1 is 1.69 bits per heavy atom. The average molecular weight is 223 g/mol. The van der Waals surface area contributed by atoms with Gasteiger partial charge in [-0.05, 0) is 26.8 Å². The van der Waals surface area contributed by atoms with Crippen LogP contribution in [0.2, 0.25) is 0 Å². The predicted octanol–water partition coefficient (Wildman–Crippen LogP) is -0.0629. The number of rotatable bonds is 3. The number of carbonyl (C=O) groups excluding carboxylic acids is 1. The molecule has 16 heavy (non-hydrogen) atoms. The summed E-state index contributed by atoms with van der Waals surface area (Å²) in [5, 5.41) is 9.71. The fraction of sp³-hybridized carbons (Fsp3) is 0.700. The molecule has 1 atom stereocenters. The number of aromatic nitrogens is 3. The lowest BCUT2D eigenvalue weighted by Gasteiger charge is -2.22. The summed E-state index contributed by atoms with van der Waals surface area (Å²) >= 11 is 0. The van der Waals surface area contributed by atoms with E-state index < -0.39 is 0 Å². The number of likely N-dealkylation sites (N-methyl/N-ethyl adjacent to an activating group) is 1. The fourth-order valence-electron chi connectivity index (χ4n) is 2.12. The van der Waals surface area contributed by atoms with Gasteiger partial charge >= 0.3 is 0 Å². The van der Waals surface area contributed by atoms with Crippen LogP contribution in [0.25, 0.3) is 0 Å². The Labute approximate surface area is 94.4 Å². The molecule has 0 bridgehead atoms. The number of aromatic amines is 1. The maximum atomic E-state index is 12.1. The highest BCUT2D eigenvalue weighted by Crippen LogP contribution is 2.18. The third-order valence-corrected chi connectivity index (χ3v) is 2.87. The molecule has 1 fully saturated rings. The van der Waals surface area contributed by atoms with Crippen LogP contribution in [0.4, 0.5) is 0 Å². The first-order valence-corrected chi connectivity index (χ1v) is 5.57. The number of hydrogen-bond donors (Lipinski definition) is 2. The van der Waals surface area contributed by atoms with Crippen molar-refractivity contribution in [3.8, 4) is 0 Å². The van der Waals surface area contributed by atoms with E-state index in [2.05, 4.69) is 20.5 Å². The molecule has 1 unspecified atom stereocenters. The third-order valence-electron chi connectivity index (χ3n) is 2.87. The number of hydrogen-bond acceptors (Lipinski definition) is 4. The molecule has 1 aliphatic rings. The maximum absolute atomic E-state index is 12.1. The van der Waals surface area contributed by atoms with E-state index in [1.807, 2.05) is 11.9 Å². The van der Waals surface area contributed by atoms with E-state index in [1.54, 1.807) is 6.92 Å². The topological polar surface area (TPSA) is 73.9 Å². The van der Waals surface area contributed by atoms with Crippen LogP contribution < -0.4 is 5.32 Å². The first-order chi connectivity index (χ1) is 7.72. The summed E-state index contributed by atoms with van der Waals surface area (Å²) in [5.74, 6) is 0.885. The molecule has 0 saturated carbocycles. The van der Waals surface area contributed by atoms with Crippen molar-refractivity contribution in [2.45, 2.75) is 25.8 Å². The molecule has 1 amide bonds. The summed E-state index contributed by atoms with van der Waals surface area (Å²) in [6.45, 7) is 3.42. The number of carbonyl (C=O) groups is 1. The van der Waals surface area contributed by atoms with Crippen molar-refractivity contribution in [1.82, 2.24) is 25.4 Å².